The molecular weight excluding hydrogens is 367 g/mol. The van der Waals surface area contributed by atoms with Gasteiger partial charge in [-0.15, -0.1) is 0 Å². The topological polar surface area (TPSA) is 54.3 Å². The van der Waals surface area contributed by atoms with Crippen molar-refractivity contribution in [2.45, 2.75) is 19.0 Å². The fourth-order valence-corrected chi connectivity index (χ4v) is 3.26. The number of rotatable bonds is 6. The van der Waals surface area contributed by atoms with Crippen molar-refractivity contribution in [1.29, 1.82) is 0 Å². The van der Waals surface area contributed by atoms with Gasteiger partial charge in [0.15, 0.2) is 0 Å². The number of carbonyl (C=O) groups is 1. The number of para-hydroxylation sites is 1. The van der Waals surface area contributed by atoms with Gasteiger partial charge in [0, 0.05) is 11.1 Å². The highest BCUT2D eigenvalue weighted by atomic mass is 19.1. The van der Waals surface area contributed by atoms with Crippen LogP contribution in [0.3, 0.4) is 0 Å². The lowest BCUT2D eigenvalue weighted by Crippen LogP contribution is -2.34. The highest BCUT2D eigenvalue weighted by molar-refractivity contribution is 5.95. The molecule has 4 nitrogen and oxygen atoms in total. The van der Waals surface area contributed by atoms with E-state index in [0.717, 1.165) is 22.3 Å². The minimum atomic E-state index is -0.607. The molecule has 4 rings (SSSR count). The third kappa shape index (κ3) is 4.36. The molecule has 5 heteroatoms. The first-order valence-electron chi connectivity index (χ1n) is 9.46. The van der Waals surface area contributed by atoms with E-state index in [9.17, 15) is 9.18 Å². The summed E-state index contributed by atoms with van der Waals surface area (Å²) in [5.74, 6) is 0.173. The monoisotopic (exact) mass is 388 g/mol. The van der Waals surface area contributed by atoms with E-state index in [4.69, 9.17) is 4.42 Å². The third-order valence-corrected chi connectivity index (χ3v) is 4.79. The molecule has 0 unspecified atom stereocenters. The van der Waals surface area contributed by atoms with Crippen molar-refractivity contribution in [3.05, 3.63) is 102 Å². The molecule has 1 heterocycles. The van der Waals surface area contributed by atoms with Crippen LogP contribution in [0.15, 0.2) is 89.3 Å². The molecule has 0 aliphatic heterocycles. The van der Waals surface area contributed by atoms with Crippen LogP contribution in [0.25, 0.3) is 11.0 Å². The molecule has 0 radical (unpaired) electrons. The average Bonchev–Trinajstić information content (AvgIpc) is 3.18. The maximum Gasteiger partial charge on any atom is 0.246 e. The minimum absolute atomic E-state index is 0.202. The molecule has 4 aromatic rings. The number of carbonyl (C=O) groups excluding carboxylic acids is 1. The van der Waals surface area contributed by atoms with E-state index in [1.54, 1.807) is 0 Å². The van der Waals surface area contributed by atoms with Gasteiger partial charge in [-0.2, -0.15) is 0 Å². The second-order valence-corrected chi connectivity index (χ2v) is 6.91. The van der Waals surface area contributed by atoms with E-state index >= 15 is 0 Å². The average molecular weight is 388 g/mol. The van der Waals surface area contributed by atoms with E-state index in [0.29, 0.717) is 5.69 Å². The maximum absolute atomic E-state index is 13.2. The van der Waals surface area contributed by atoms with Crippen LogP contribution in [-0.4, -0.2) is 5.91 Å². The summed E-state index contributed by atoms with van der Waals surface area (Å²) in [4.78, 5) is 13.0. The van der Waals surface area contributed by atoms with Gasteiger partial charge < -0.3 is 9.73 Å². The van der Waals surface area contributed by atoms with Crippen LogP contribution in [0.1, 0.15) is 30.3 Å². The first-order valence-corrected chi connectivity index (χ1v) is 9.46. The largest absolute Gasteiger partial charge is 0.459 e. The number of anilines is 1. The van der Waals surface area contributed by atoms with Gasteiger partial charge in [0.25, 0.3) is 0 Å². The number of furan rings is 1. The number of fused-ring (bicyclic) bond motifs is 1. The molecule has 3 aromatic carbocycles. The van der Waals surface area contributed by atoms with Crippen LogP contribution in [0.5, 0.6) is 0 Å². The Morgan fingerprint density at radius 1 is 0.931 bits per heavy atom. The SMILES string of the molecule is C[C@H](N[C@@H](C(=O)Nc1ccc(F)cc1)c1ccccc1)c1cc2ccccc2o1. The van der Waals surface area contributed by atoms with Gasteiger partial charge >= 0.3 is 0 Å². The van der Waals surface area contributed by atoms with Crippen molar-refractivity contribution in [2.24, 2.45) is 0 Å². The number of halogens is 1. The second kappa shape index (κ2) is 8.29. The van der Waals surface area contributed by atoms with Crippen molar-refractivity contribution < 1.29 is 13.6 Å². The zero-order valence-electron chi connectivity index (χ0n) is 15.9. The lowest BCUT2D eigenvalue weighted by atomic mass is 10.0. The third-order valence-electron chi connectivity index (χ3n) is 4.79. The van der Waals surface area contributed by atoms with E-state index in [1.807, 2.05) is 67.6 Å². The first-order chi connectivity index (χ1) is 14.1. The zero-order valence-corrected chi connectivity index (χ0v) is 15.9. The smallest absolute Gasteiger partial charge is 0.246 e. The summed E-state index contributed by atoms with van der Waals surface area (Å²) in [6, 6.07) is 24.2. The Morgan fingerprint density at radius 2 is 1.62 bits per heavy atom. The second-order valence-electron chi connectivity index (χ2n) is 6.91. The Balaban J connectivity index is 1.58. The Hall–Kier alpha value is -3.44. The summed E-state index contributed by atoms with van der Waals surface area (Å²) in [5.41, 5.74) is 2.17. The van der Waals surface area contributed by atoms with E-state index < -0.39 is 6.04 Å². The number of hydrogen-bond acceptors (Lipinski definition) is 3. The highest BCUT2D eigenvalue weighted by Crippen LogP contribution is 2.26. The fraction of sp³-hybridized carbons (Fsp3) is 0.125. The van der Waals surface area contributed by atoms with Crippen LogP contribution in [-0.2, 0) is 4.79 Å². The lowest BCUT2D eigenvalue weighted by Gasteiger charge is -2.22. The van der Waals surface area contributed by atoms with E-state index in [-0.39, 0.29) is 17.8 Å². The summed E-state index contributed by atoms with van der Waals surface area (Å²) < 4.78 is 19.1. The predicted octanol–water partition coefficient (Wildman–Crippen LogP) is 5.60. The van der Waals surface area contributed by atoms with Crippen molar-refractivity contribution in [2.75, 3.05) is 5.32 Å². The summed E-state index contributed by atoms with van der Waals surface area (Å²) in [5, 5.41) is 7.23. The molecule has 0 aliphatic rings. The molecule has 146 valence electrons. The van der Waals surface area contributed by atoms with Crippen LogP contribution >= 0.6 is 0 Å². The summed E-state index contributed by atoms with van der Waals surface area (Å²) in [7, 11) is 0. The molecule has 1 amide bonds. The van der Waals surface area contributed by atoms with Gasteiger partial charge in [0.05, 0.1) is 6.04 Å². The Kier molecular flexibility index (Phi) is 5.40. The molecule has 0 saturated carbocycles. The molecule has 1 aromatic heterocycles. The Labute approximate surface area is 168 Å². The van der Waals surface area contributed by atoms with Crippen molar-refractivity contribution in [3.63, 3.8) is 0 Å². The highest BCUT2D eigenvalue weighted by Gasteiger charge is 2.24. The van der Waals surface area contributed by atoms with Gasteiger partial charge in [-0.3, -0.25) is 10.1 Å². The van der Waals surface area contributed by atoms with Gasteiger partial charge in [-0.1, -0.05) is 48.5 Å². The van der Waals surface area contributed by atoms with Crippen LogP contribution < -0.4 is 10.6 Å². The molecule has 2 atom stereocenters. The van der Waals surface area contributed by atoms with Gasteiger partial charge in [0.1, 0.15) is 23.2 Å². The summed E-state index contributed by atoms with van der Waals surface area (Å²) in [6.45, 7) is 1.96. The number of amides is 1. The van der Waals surface area contributed by atoms with Crippen LogP contribution in [0.4, 0.5) is 10.1 Å². The standard InChI is InChI=1S/C24H21FN2O2/c1-16(22-15-18-9-5-6-10-21(18)29-22)26-23(17-7-3-2-4-8-17)24(28)27-20-13-11-19(25)12-14-20/h2-16,23,26H,1H3,(H,27,28)/t16-,23+/m0/s1. The normalized spacial score (nSPS) is 13.2. The Bertz CT molecular complexity index is 1070. The number of benzene rings is 3. The fourth-order valence-electron chi connectivity index (χ4n) is 3.26. The van der Waals surface area contributed by atoms with Crippen molar-refractivity contribution in [3.8, 4) is 0 Å². The molecule has 29 heavy (non-hydrogen) atoms. The minimum Gasteiger partial charge on any atom is -0.459 e. The van der Waals surface area contributed by atoms with Crippen molar-refractivity contribution >= 4 is 22.6 Å². The van der Waals surface area contributed by atoms with E-state index in [1.165, 1.54) is 24.3 Å². The number of nitrogens with one attached hydrogen (secondary N) is 2. The molecule has 0 saturated heterocycles. The maximum atomic E-state index is 13.2. The van der Waals surface area contributed by atoms with Crippen molar-refractivity contribution in [1.82, 2.24) is 5.32 Å². The molecule has 0 fully saturated rings. The lowest BCUT2D eigenvalue weighted by molar-refractivity contribution is -0.118. The number of hydrogen-bond donors (Lipinski definition) is 2. The van der Waals surface area contributed by atoms with Crippen LogP contribution in [0, 0.1) is 5.82 Å². The van der Waals surface area contributed by atoms with Gasteiger partial charge in [-0.05, 0) is 48.9 Å². The molecular formula is C24H21FN2O2. The first kappa shape index (κ1) is 18.9. The van der Waals surface area contributed by atoms with E-state index in [2.05, 4.69) is 10.6 Å². The molecule has 2 N–H and O–H groups in total. The van der Waals surface area contributed by atoms with Gasteiger partial charge in [-0.25, -0.2) is 4.39 Å². The summed E-state index contributed by atoms with van der Waals surface area (Å²) in [6.07, 6.45) is 0. The molecule has 0 bridgehead atoms. The quantitative estimate of drug-likeness (QED) is 0.452. The predicted molar refractivity (Wildman–Crippen MR) is 112 cm³/mol. The molecule has 0 spiro atoms. The Morgan fingerprint density at radius 3 is 2.34 bits per heavy atom. The zero-order chi connectivity index (χ0) is 20.2. The summed E-state index contributed by atoms with van der Waals surface area (Å²) >= 11 is 0. The van der Waals surface area contributed by atoms with Gasteiger partial charge in [0.2, 0.25) is 5.91 Å². The van der Waals surface area contributed by atoms with Crippen LogP contribution in [0.2, 0.25) is 0 Å². The molecule has 0 aliphatic carbocycles.